The van der Waals surface area contributed by atoms with E-state index in [-0.39, 0.29) is 20.5 Å². The Kier molecular flexibility index (Phi) is 5.78. The molecule has 0 saturated carbocycles. The molecule has 2 N–H and O–H groups in total. The van der Waals surface area contributed by atoms with Gasteiger partial charge in [0.2, 0.25) is 9.84 Å². The number of hydrogen-bond donors (Lipinski definition) is 1. The molecule has 146 valence electrons. The van der Waals surface area contributed by atoms with Crippen LogP contribution < -0.4 is 5.73 Å². The lowest BCUT2D eigenvalue weighted by atomic mass is 10.0. The third-order valence-corrected chi connectivity index (χ3v) is 8.42. The average molecular weight is 435 g/mol. The first-order valence-electron chi connectivity index (χ1n) is 8.12. The number of nitrogens with zero attached hydrogens (tertiary/aromatic N) is 1. The Balaban J connectivity index is 2.16. The number of thioether (sulfide) groups is 1. The van der Waals surface area contributed by atoms with Crippen LogP contribution in [0.3, 0.4) is 0 Å². The molecule has 1 aromatic carbocycles. The molecule has 0 aliphatic carbocycles. The molecule has 0 fully saturated rings. The summed E-state index contributed by atoms with van der Waals surface area (Å²) in [7, 11) is -2.64. The number of pyridine rings is 1. The smallest absolute Gasteiger partial charge is 0.348 e. The van der Waals surface area contributed by atoms with Gasteiger partial charge in [-0.3, -0.25) is 0 Å². The Labute approximate surface area is 171 Å². The lowest BCUT2D eigenvalue weighted by Crippen LogP contribution is -2.05. The fourth-order valence-corrected chi connectivity index (χ4v) is 6.59. The van der Waals surface area contributed by atoms with E-state index in [1.165, 1.54) is 37.2 Å². The second-order valence-electron chi connectivity index (χ2n) is 5.88. The molecule has 28 heavy (non-hydrogen) atoms. The van der Waals surface area contributed by atoms with Crippen molar-refractivity contribution in [1.29, 1.82) is 0 Å². The maximum Gasteiger partial charge on any atom is 0.348 e. The summed E-state index contributed by atoms with van der Waals surface area (Å²) in [5, 5.41) is 0. The Morgan fingerprint density at radius 3 is 2.57 bits per heavy atom. The number of carbonyl (C=O) groups excluding carboxylic acids is 1. The molecule has 3 rings (SSSR count). The van der Waals surface area contributed by atoms with Crippen molar-refractivity contribution in [2.45, 2.75) is 20.9 Å². The number of methoxy groups -OCH3 is 1. The summed E-state index contributed by atoms with van der Waals surface area (Å²) < 4.78 is 31.8. The fourth-order valence-electron chi connectivity index (χ4n) is 2.71. The molecule has 0 aliphatic rings. The number of aryl methyl sites for hydroxylation is 1. The van der Waals surface area contributed by atoms with Crippen LogP contribution in [0.4, 0.5) is 5.82 Å². The second kappa shape index (κ2) is 7.94. The summed E-state index contributed by atoms with van der Waals surface area (Å²) in [5.41, 5.74) is 8.34. The predicted octanol–water partition coefficient (Wildman–Crippen LogP) is 4.04. The van der Waals surface area contributed by atoms with Crippen LogP contribution in [0, 0.1) is 6.92 Å². The monoisotopic (exact) mass is 434 g/mol. The minimum atomic E-state index is -3.90. The highest BCUT2D eigenvalue weighted by Crippen LogP contribution is 2.38. The topological polar surface area (TPSA) is 99.4 Å². The normalized spacial score (nSPS) is 11.4. The number of hydrogen-bond acceptors (Lipinski definition) is 8. The SMILES string of the molecule is COC(=O)c1cc(S(=O)(=O)c2cnc(N)c(-c3ccccc3C)c2)c(SC)s1. The van der Waals surface area contributed by atoms with Crippen LogP contribution in [0.5, 0.6) is 0 Å². The molecule has 0 atom stereocenters. The summed E-state index contributed by atoms with van der Waals surface area (Å²) in [4.78, 5) is 16.3. The minimum Gasteiger partial charge on any atom is -0.465 e. The highest BCUT2D eigenvalue weighted by atomic mass is 32.2. The molecule has 0 aliphatic heterocycles. The molecule has 0 unspecified atom stereocenters. The van der Waals surface area contributed by atoms with Gasteiger partial charge in [0.15, 0.2) is 0 Å². The van der Waals surface area contributed by atoms with Crippen molar-refractivity contribution in [2.75, 3.05) is 19.1 Å². The molecule has 9 heteroatoms. The molecule has 2 aromatic heterocycles. The van der Waals surface area contributed by atoms with Gasteiger partial charge >= 0.3 is 5.97 Å². The summed E-state index contributed by atoms with van der Waals surface area (Å²) in [5.74, 6) is -0.323. The van der Waals surface area contributed by atoms with E-state index in [1.807, 2.05) is 31.2 Å². The predicted molar refractivity (Wildman–Crippen MR) is 112 cm³/mol. The number of anilines is 1. The maximum atomic E-state index is 13.3. The van der Waals surface area contributed by atoms with Gasteiger partial charge in [0.1, 0.15) is 10.7 Å². The number of aromatic nitrogens is 1. The van der Waals surface area contributed by atoms with Crippen LogP contribution in [-0.2, 0) is 14.6 Å². The molecule has 0 bridgehead atoms. The van der Waals surface area contributed by atoms with Crippen molar-refractivity contribution in [3.63, 3.8) is 0 Å². The Bertz CT molecular complexity index is 1150. The molecule has 0 saturated heterocycles. The van der Waals surface area contributed by atoms with Crippen molar-refractivity contribution < 1.29 is 17.9 Å². The summed E-state index contributed by atoms with van der Waals surface area (Å²) in [6.07, 6.45) is 3.00. The Morgan fingerprint density at radius 2 is 1.93 bits per heavy atom. The number of rotatable bonds is 5. The molecule has 3 aromatic rings. The molecule has 6 nitrogen and oxygen atoms in total. The first kappa shape index (κ1) is 20.4. The average Bonchev–Trinajstić information content (AvgIpc) is 3.13. The number of ether oxygens (including phenoxy) is 1. The third kappa shape index (κ3) is 3.65. The quantitative estimate of drug-likeness (QED) is 0.478. The Morgan fingerprint density at radius 1 is 1.21 bits per heavy atom. The lowest BCUT2D eigenvalue weighted by molar-refractivity contribution is 0.0606. The third-order valence-electron chi connectivity index (χ3n) is 4.17. The van der Waals surface area contributed by atoms with Gasteiger partial charge in [-0.25, -0.2) is 18.2 Å². The number of benzene rings is 1. The zero-order valence-electron chi connectivity index (χ0n) is 15.4. The van der Waals surface area contributed by atoms with Gasteiger partial charge in [-0.15, -0.1) is 23.1 Å². The molecular weight excluding hydrogens is 416 g/mol. The zero-order chi connectivity index (χ0) is 20.5. The summed E-state index contributed by atoms with van der Waals surface area (Å²) >= 11 is 2.34. The van der Waals surface area contributed by atoms with Gasteiger partial charge in [0.05, 0.1) is 21.1 Å². The Hall–Kier alpha value is -2.36. The molecule has 0 radical (unpaired) electrons. The van der Waals surface area contributed by atoms with E-state index in [0.717, 1.165) is 22.5 Å². The van der Waals surface area contributed by atoms with Crippen molar-refractivity contribution in [1.82, 2.24) is 4.98 Å². The van der Waals surface area contributed by atoms with Crippen LogP contribution in [0.15, 0.2) is 56.6 Å². The van der Waals surface area contributed by atoms with E-state index >= 15 is 0 Å². The summed E-state index contributed by atoms with van der Waals surface area (Å²) in [6, 6.07) is 10.4. The number of esters is 1. The van der Waals surface area contributed by atoms with Gasteiger partial charge in [-0.1, -0.05) is 24.3 Å². The van der Waals surface area contributed by atoms with E-state index in [1.54, 1.807) is 6.26 Å². The minimum absolute atomic E-state index is 0.0180. The number of sulfone groups is 1. The number of nitrogens with two attached hydrogens (primary N) is 1. The van der Waals surface area contributed by atoms with Crippen molar-refractivity contribution in [3.05, 3.63) is 53.0 Å². The van der Waals surface area contributed by atoms with E-state index in [0.29, 0.717) is 9.77 Å². The van der Waals surface area contributed by atoms with Crippen LogP contribution >= 0.6 is 23.1 Å². The van der Waals surface area contributed by atoms with Gasteiger partial charge in [-0.2, -0.15) is 0 Å². The molecule has 0 amide bonds. The number of thiophene rings is 1. The first-order chi connectivity index (χ1) is 13.3. The highest BCUT2D eigenvalue weighted by molar-refractivity contribution is 8.01. The van der Waals surface area contributed by atoms with E-state index in [2.05, 4.69) is 4.98 Å². The number of carbonyl (C=O) groups is 1. The van der Waals surface area contributed by atoms with Crippen LogP contribution in [0.25, 0.3) is 11.1 Å². The standard InChI is InChI=1S/C19H18N2O4S3/c1-11-6-4-5-7-13(11)14-8-12(10-21-17(14)20)28(23,24)16-9-15(18(22)25-2)27-19(16)26-3/h4-10H,1-3H3,(H2,20,21). The fraction of sp³-hybridized carbons (Fsp3) is 0.158. The molecular formula is C19H18N2O4S3. The van der Waals surface area contributed by atoms with Crippen molar-refractivity contribution >= 4 is 44.7 Å². The maximum absolute atomic E-state index is 13.3. The number of nitrogen functional groups attached to an aromatic ring is 1. The van der Waals surface area contributed by atoms with Gasteiger partial charge in [-0.05, 0) is 36.4 Å². The van der Waals surface area contributed by atoms with Crippen molar-refractivity contribution in [3.8, 4) is 11.1 Å². The van der Waals surface area contributed by atoms with Gasteiger partial charge in [0.25, 0.3) is 0 Å². The van der Waals surface area contributed by atoms with E-state index in [9.17, 15) is 13.2 Å². The van der Waals surface area contributed by atoms with Crippen LogP contribution in [0.2, 0.25) is 0 Å². The van der Waals surface area contributed by atoms with Crippen molar-refractivity contribution in [2.24, 2.45) is 0 Å². The molecule has 2 heterocycles. The highest BCUT2D eigenvalue weighted by Gasteiger charge is 2.27. The first-order valence-corrected chi connectivity index (χ1v) is 11.6. The van der Waals surface area contributed by atoms with Crippen LogP contribution in [0.1, 0.15) is 15.2 Å². The van der Waals surface area contributed by atoms with E-state index < -0.39 is 15.8 Å². The zero-order valence-corrected chi connectivity index (χ0v) is 17.9. The van der Waals surface area contributed by atoms with Gasteiger partial charge < -0.3 is 10.5 Å². The summed E-state index contributed by atoms with van der Waals surface area (Å²) in [6.45, 7) is 1.92. The second-order valence-corrected chi connectivity index (χ2v) is 9.93. The van der Waals surface area contributed by atoms with E-state index in [4.69, 9.17) is 10.5 Å². The molecule has 0 spiro atoms. The lowest BCUT2D eigenvalue weighted by Gasteiger charge is -2.11. The van der Waals surface area contributed by atoms with Gasteiger partial charge in [0, 0.05) is 11.8 Å². The largest absolute Gasteiger partial charge is 0.465 e. The van der Waals surface area contributed by atoms with Crippen LogP contribution in [-0.4, -0.2) is 32.7 Å².